The van der Waals surface area contributed by atoms with Crippen LogP contribution in [0.3, 0.4) is 0 Å². The maximum Gasteiger partial charge on any atom is 0.319 e. The smallest absolute Gasteiger partial charge is 0.319 e. The van der Waals surface area contributed by atoms with E-state index in [2.05, 4.69) is 5.32 Å². The Kier molecular flexibility index (Phi) is 4.48. The Morgan fingerprint density at radius 3 is 2.44 bits per heavy atom. The Hall–Kier alpha value is -2.83. The number of nitrogens with zero attached hydrogens (tertiary/aromatic N) is 1. The van der Waals surface area contributed by atoms with Crippen LogP contribution in [0, 0.1) is 5.41 Å². The van der Waals surface area contributed by atoms with Gasteiger partial charge in [0.1, 0.15) is 5.75 Å². The molecule has 1 saturated heterocycles. The predicted molar refractivity (Wildman–Crippen MR) is 90.3 cm³/mol. The second-order valence-electron chi connectivity index (χ2n) is 6.34. The summed E-state index contributed by atoms with van der Waals surface area (Å²) in [6.07, 6.45) is 3.92. The largest absolute Gasteiger partial charge is 0.497 e. The molecule has 2 aliphatic rings. The summed E-state index contributed by atoms with van der Waals surface area (Å²) in [5.41, 5.74) is -0.727. The van der Waals surface area contributed by atoms with Gasteiger partial charge < -0.3 is 20.1 Å². The van der Waals surface area contributed by atoms with Gasteiger partial charge in [-0.25, -0.2) is 0 Å². The van der Waals surface area contributed by atoms with E-state index in [0.717, 1.165) is 5.69 Å². The van der Waals surface area contributed by atoms with E-state index in [1.807, 2.05) is 0 Å². The maximum atomic E-state index is 12.5. The normalized spacial score (nSPS) is 21.4. The Balaban J connectivity index is 1.68. The minimum atomic E-state index is -1.45. The predicted octanol–water partition coefficient (Wildman–Crippen LogP) is 1.34. The molecule has 1 aliphatic heterocycles. The Bertz CT molecular complexity index is 717. The Morgan fingerprint density at radius 2 is 1.88 bits per heavy atom. The van der Waals surface area contributed by atoms with Crippen molar-refractivity contribution in [1.29, 1.82) is 0 Å². The number of rotatable bonds is 5. The van der Waals surface area contributed by atoms with E-state index in [0.29, 0.717) is 12.3 Å². The lowest BCUT2D eigenvalue weighted by Crippen LogP contribution is -2.49. The highest BCUT2D eigenvalue weighted by atomic mass is 16.5. The fraction of sp³-hybridized carbons (Fsp3) is 0.389. The van der Waals surface area contributed by atoms with Gasteiger partial charge >= 0.3 is 5.97 Å². The molecule has 7 heteroatoms. The lowest BCUT2D eigenvalue weighted by atomic mass is 9.84. The first kappa shape index (κ1) is 17.0. The van der Waals surface area contributed by atoms with Crippen molar-refractivity contribution in [2.24, 2.45) is 5.41 Å². The van der Waals surface area contributed by atoms with Crippen molar-refractivity contribution in [3.63, 3.8) is 0 Å². The Morgan fingerprint density at radius 1 is 1.24 bits per heavy atom. The summed E-state index contributed by atoms with van der Waals surface area (Å²) < 4.78 is 5.10. The van der Waals surface area contributed by atoms with Crippen LogP contribution < -0.4 is 15.0 Å². The van der Waals surface area contributed by atoms with Crippen LogP contribution in [0.2, 0.25) is 0 Å². The summed E-state index contributed by atoms with van der Waals surface area (Å²) in [4.78, 5) is 37.9. The van der Waals surface area contributed by atoms with E-state index in [1.165, 1.54) is 0 Å². The third-order valence-electron chi connectivity index (χ3n) is 4.79. The topological polar surface area (TPSA) is 95.9 Å². The van der Waals surface area contributed by atoms with Gasteiger partial charge in [0, 0.05) is 18.7 Å². The van der Waals surface area contributed by atoms with Gasteiger partial charge in [-0.1, -0.05) is 12.2 Å². The average molecular weight is 344 g/mol. The number of allylic oxidation sites excluding steroid dienone is 2. The van der Waals surface area contributed by atoms with Crippen molar-refractivity contribution in [2.75, 3.05) is 18.6 Å². The van der Waals surface area contributed by atoms with Gasteiger partial charge in [0.05, 0.1) is 13.2 Å². The van der Waals surface area contributed by atoms with Gasteiger partial charge in [0.25, 0.3) is 0 Å². The van der Waals surface area contributed by atoms with Crippen molar-refractivity contribution in [3.05, 3.63) is 36.4 Å². The van der Waals surface area contributed by atoms with Crippen LogP contribution in [0.15, 0.2) is 36.4 Å². The van der Waals surface area contributed by atoms with Crippen LogP contribution in [0.5, 0.6) is 5.75 Å². The molecule has 1 aliphatic carbocycles. The summed E-state index contributed by atoms with van der Waals surface area (Å²) in [6.45, 7) is 0.319. The lowest BCUT2D eigenvalue weighted by molar-refractivity contribution is -0.155. The number of ether oxygens (including phenoxy) is 1. The number of carboxylic acids is 1. The SMILES string of the molecule is COc1ccc(N2CC(NC(=O)C3(C(=O)O)CC=CC3)CC2=O)cc1. The number of hydrogen-bond acceptors (Lipinski definition) is 4. The van der Waals surface area contributed by atoms with E-state index < -0.39 is 23.3 Å². The van der Waals surface area contributed by atoms with Crippen LogP contribution >= 0.6 is 0 Å². The van der Waals surface area contributed by atoms with E-state index in [9.17, 15) is 19.5 Å². The molecule has 0 aromatic heterocycles. The van der Waals surface area contributed by atoms with E-state index in [-0.39, 0.29) is 25.2 Å². The quantitative estimate of drug-likeness (QED) is 0.621. The molecule has 7 nitrogen and oxygen atoms in total. The molecule has 0 radical (unpaired) electrons. The second-order valence-corrected chi connectivity index (χ2v) is 6.34. The second kappa shape index (κ2) is 6.58. The molecule has 0 spiro atoms. The number of carbonyl (C=O) groups is 3. The Labute approximate surface area is 145 Å². The van der Waals surface area contributed by atoms with Gasteiger partial charge in [-0.15, -0.1) is 0 Å². The van der Waals surface area contributed by atoms with Crippen molar-refractivity contribution in [1.82, 2.24) is 5.32 Å². The van der Waals surface area contributed by atoms with E-state index >= 15 is 0 Å². The monoisotopic (exact) mass is 344 g/mol. The van der Waals surface area contributed by atoms with Gasteiger partial charge in [-0.05, 0) is 37.1 Å². The molecule has 0 saturated carbocycles. The third-order valence-corrected chi connectivity index (χ3v) is 4.79. The number of anilines is 1. The molecule has 1 fully saturated rings. The molecule has 1 aromatic rings. The van der Waals surface area contributed by atoms with Crippen LogP contribution in [-0.2, 0) is 14.4 Å². The molecular formula is C18H20N2O5. The van der Waals surface area contributed by atoms with Crippen LogP contribution in [-0.4, -0.2) is 42.6 Å². The summed E-state index contributed by atoms with van der Waals surface area (Å²) in [6, 6.07) is 6.68. The molecule has 1 aromatic carbocycles. The highest BCUT2D eigenvalue weighted by molar-refractivity contribution is 6.04. The third kappa shape index (κ3) is 3.09. The van der Waals surface area contributed by atoms with Gasteiger partial charge in [0.2, 0.25) is 11.8 Å². The van der Waals surface area contributed by atoms with Gasteiger partial charge in [0.15, 0.2) is 5.41 Å². The van der Waals surface area contributed by atoms with Crippen LogP contribution in [0.1, 0.15) is 19.3 Å². The van der Waals surface area contributed by atoms with Gasteiger partial charge in [-0.2, -0.15) is 0 Å². The number of methoxy groups -OCH3 is 1. The number of carboxylic acid groups (broad SMARTS) is 1. The van der Waals surface area contributed by atoms with Crippen LogP contribution in [0.4, 0.5) is 5.69 Å². The molecule has 1 atom stereocenters. The van der Waals surface area contributed by atoms with E-state index in [1.54, 1.807) is 48.4 Å². The number of amides is 2. The van der Waals surface area contributed by atoms with Crippen molar-refractivity contribution in [3.8, 4) is 5.75 Å². The molecule has 2 N–H and O–H groups in total. The van der Waals surface area contributed by atoms with Crippen molar-refractivity contribution in [2.45, 2.75) is 25.3 Å². The minimum absolute atomic E-state index is 0.107. The number of carbonyl (C=O) groups excluding carboxylic acids is 2. The molecule has 1 heterocycles. The molecular weight excluding hydrogens is 324 g/mol. The highest BCUT2D eigenvalue weighted by Gasteiger charge is 2.47. The summed E-state index contributed by atoms with van der Waals surface area (Å²) in [7, 11) is 1.57. The zero-order valence-electron chi connectivity index (χ0n) is 13.9. The van der Waals surface area contributed by atoms with Crippen molar-refractivity contribution < 1.29 is 24.2 Å². The summed E-state index contributed by atoms with van der Waals surface area (Å²) >= 11 is 0. The zero-order chi connectivity index (χ0) is 18.0. The number of hydrogen-bond donors (Lipinski definition) is 2. The number of nitrogens with one attached hydrogen (secondary N) is 1. The van der Waals surface area contributed by atoms with E-state index in [4.69, 9.17) is 4.74 Å². The summed E-state index contributed by atoms with van der Waals surface area (Å²) in [5, 5.41) is 12.2. The molecule has 25 heavy (non-hydrogen) atoms. The molecule has 132 valence electrons. The average Bonchev–Trinajstić information content (AvgIpc) is 3.23. The lowest BCUT2D eigenvalue weighted by Gasteiger charge is -2.25. The molecule has 2 amide bonds. The highest BCUT2D eigenvalue weighted by Crippen LogP contribution is 2.34. The molecule has 3 rings (SSSR count). The first-order valence-corrected chi connectivity index (χ1v) is 8.10. The first-order chi connectivity index (χ1) is 12.0. The number of benzene rings is 1. The standard InChI is InChI=1S/C18H20N2O5/c1-25-14-6-4-13(5-7-14)20-11-12(10-15(20)21)19-16(22)18(17(23)24)8-2-3-9-18/h2-7,12H,8-11H2,1H3,(H,19,22)(H,23,24). The minimum Gasteiger partial charge on any atom is -0.497 e. The summed E-state index contributed by atoms with van der Waals surface area (Å²) in [5.74, 6) is -1.08. The van der Waals surface area contributed by atoms with Gasteiger partial charge in [-0.3, -0.25) is 14.4 Å². The fourth-order valence-electron chi connectivity index (χ4n) is 3.25. The zero-order valence-corrected chi connectivity index (χ0v) is 13.9. The maximum absolute atomic E-state index is 12.5. The van der Waals surface area contributed by atoms with Crippen molar-refractivity contribution >= 4 is 23.5 Å². The number of aliphatic carboxylic acids is 1. The van der Waals surface area contributed by atoms with Crippen LogP contribution in [0.25, 0.3) is 0 Å². The molecule has 0 bridgehead atoms. The fourth-order valence-corrected chi connectivity index (χ4v) is 3.25. The molecule has 1 unspecified atom stereocenters. The first-order valence-electron chi connectivity index (χ1n) is 8.10.